The smallest absolute Gasteiger partial charge is 0.251 e. The molecule has 1 atom stereocenters. The van der Waals surface area contributed by atoms with Gasteiger partial charge in [-0.3, -0.25) is 4.79 Å². The predicted molar refractivity (Wildman–Crippen MR) is 133 cm³/mol. The first-order valence-corrected chi connectivity index (χ1v) is 11.6. The summed E-state index contributed by atoms with van der Waals surface area (Å²) in [7, 11) is 1.67. The first-order chi connectivity index (χ1) is 16.1. The molecule has 0 bridgehead atoms. The van der Waals surface area contributed by atoms with E-state index in [2.05, 4.69) is 28.9 Å². The summed E-state index contributed by atoms with van der Waals surface area (Å²) in [5, 5.41) is 3.83. The van der Waals surface area contributed by atoms with Crippen molar-refractivity contribution in [1.29, 1.82) is 0 Å². The maximum atomic E-state index is 13.2. The van der Waals surface area contributed by atoms with Gasteiger partial charge in [0.05, 0.1) is 24.2 Å². The van der Waals surface area contributed by atoms with Crippen molar-refractivity contribution in [3.8, 4) is 5.75 Å². The fourth-order valence-corrected chi connectivity index (χ4v) is 4.09. The molecule has 5 nitrogen and oxygen atoms in total. The van der Waals surface area contributed by atoms with Gasteiger partial charge in [0.1, 0.15) is 11.6 Å². The van der Waals surface area contributed by atoms with Gasteiger partial charge in [0, 0.05) is 23.2 Å². The molecule has 0 fully saturated rings. The third kappa shape index (κ3) is 5.37. The minimum atomic E-state index is -0.300. The molecule has 170 valence electrons. The minimum absolute atomic E-state index is 0.153. The van der Waals surface area contributed by atoms with Crippen LogP contribution in [0.5, 0.6) is 5.75 Å². The number of hydrogen-bond donors (Lipinski definition) is 1. The maximum absolute atomic E-state index is 13.2. The van der Waals surface area contributed by atoms with Gasteiger partial charge < -0.3 is 14.6 Å². The SMILES string of the molecule is CCCCn1c(C(Cc2ccccc2)NC(=O)c2ccc(Cl)cc2)nc2ccc(OC)cc21. The van der Waals surface area contributed by atoms with Crippen LogP contribution in [0.3, 0.4) is 0 Å². The fourth-order valence-electron chi connectivity index (χ4n) is 3.96. The lowest BCUT2D eigenvalue weighted by molar-refractivity contribution is 0.0934. The number of aromatic nitrogens is 2. The van der Waals surface area contributed by atoms with Crippen LogP contribution in [0.1, 0.15) is 47.6 Å². The molecule has 4 aromatic rings. The minimum Gasteiger partial charge on any atom is -0.497 e. The molecule has 0 aliphatic rings. The molecule has 33 heavy (non-hydrogen) atoms. The fraction of sp³-hybridized carbons (Fsp3) is 0.259. The molecule has 1 unspecified atom stereocenters. The van der Waals surface area contributed by atoms with Crippen LogP contribution in [0.15, 0.2) is 72.8 Å². The van der Waals surface area contributed by atoms with Crippen molar-refractivity contribution in [2.45, 2.75) is 38.8 Å². The highest BCUT2D eigenvalue weighted by Crippen LogP contribution is 2.27. The summed E-state index contributed by atoms with van der Waals surface area (Å²) in [6, 6.07) is 22.7. The number of amides is 1. The van der Waals surface area contributed by atoms with E-state index in [9.17, 15) is 4.79 Å². The predicted octanol–water partition coefficient (Wildman–Crippen LogP) is 6.21. The molecule has 0 aliphatic heterocycles. The number of rotatable bonds is 9. The molecule has 0 spiro atoms. The summed E-state index contributed by atoms with van der Waals surface area (Å²) >= 11 is 6.01. The van der Waals surface area contributed by atoms with Gasteiger partial charge >= 0.3 is 0 Å². The molecule has 3 aromatic carbocycles. The Morgan fingerprint density at radius 2 is 1.85 bits per heavy atom. The Labute approximate surface area is 199 Å². The van der Waals surface area contributed by atoms with Crippen LogP contribution in [0, 0.1) is 0 Å². The second-order valence-electron chi connectivity index (χ2n) is 8.05. The Hall–Kier alpha value is -3.31. The third-order valence-electron chi connectivity index (χ3n) is 5.73. The summed E-state index contributed by atoms with van der Waals surface area (Å²) in [5.41, 5.74) is 3.60. The molecule has 1 N–H and O–H groups in total. The standard InChI is InChI=1S/C27H28ClN3O2/c1-3-4-16-31-25-18-22(33-2)14-15-23(25)29-26(31)24(17-19-8-6-5-7-9-19)30-27(32)20-10-12-21(28)13-11-20/h5-15,18,24H,3-4,16-17H2,1-2H3,(H,30,32). The van der Waals surface area contributed by atoms with Gasteiger partial charge in [-0.25, -0.2) is 4.98 Å². The summed E-state index contributed by atoms with van der Waals surface area (Å²) in [4.78, 5) is 18.1. The number of imidazole rings is 1. The van der Waals surface area contributed by atoms with Crippen molar-refractivity contribution in [3.63, 3.8) is 0 Å². The molecule has 1 amide bonds. The largest absolute Gasteiger partial charge is 0.497 e. The first kappa shape index (κ1) is 22.9. The highest BCUT2D eigenvalue weighted by molar-refractivity contribution is 6.30. The summed E-state index contributed by atoms with van der Waals surface area (Å²) in [6.07, 6.45) is 2.70. The molecule has 1 aromatic heterocycles. The number of benzene rings is 3. The van der Waals surface area contributed by atoms with Crippen molar-refractivity contribution >= 4 is 28.5 Å². The maximum Gasteiger partial charge on any atom is 0.251 e. The van der Waals surface area contributed by atoms with Crippen LogP contribution in [0.25, 0.3) is 11.0 Å². The van der Waals surface area contributed by atoms with E-state index in [1.807, 2.05) is 36.4 Å². The number of hydrogen-bond acceptors (Lipinski definition) is 3. The lowest BCUT2D eigenvalue weighted by Crippen LogP contribution is -2.32. The van der Waals surface area contributed by atoms with Gasteiger partial charge in [-0.2, -0.15) is 0 Å². The van der Waals surface area contributed by atoms with Gasteiger partial charge in [-0.15, -0.1) is 0 Å². The van der Waals surface area contributed by atoms with Crippen LogP contribution in [0.2, 0.25) is 5.02 Å². The van der Waals surface area contributed by atoms with Gasteiger partial charge in [-0.05, 0) is 54.8 Å². The molecule has 6 heteroatoms. The number of carbonyl (C=O) groups is 1. The van der Waals surface area contributed by atoms with E-state index in [-0.39, 0.29) is 11.9 Å². The lowest BCUT2D eigenvalue weighted by Gasteiger charge is -2.21. The first-order valence-electron chi connectivity index (χ1n) is 11.2. The summed E-state index contributed by atoms with van der Waals surface area (Å²) in [5.74, 6) is 1.48. The van der Waals surface area contributed by atoms with E-state index in [1.54, 1.807) is 31.4 Å². The monoisotopic (exact) mass is 461 g/mol. The zero-order valence-corrected chi connectivity index (χ0v) is 19.7. The number of carbonyl (C=O) groups excluding carboxylic acids is 1. The Morgan fingerprint density at radius 3 is 2.55 bits per heavy atom. The summed E-state index contributed by atoms with van der Waals surface area (Å²) < 4.78 is 7.68. The Kier molecular flexibility index (Phi) is 7.30. The number of ether oxygens (including phenoxy) is 1. The number of nitrogens with zero attached hydrogens (tertiary/aromatic N) is 2. The molecular weight excluding hydrogens is 434 g/mol. The number of halogens is 1. The average Bonchev–Trinajstić information content (AvgIpc) is 3.20. The Morgan fingerprint density at radius 1 is 1.09 bits per heavy atom. The van der Waals surface area contributed by atoms with Crippen molar-refractivity contribution in [1.82, 2.24) is 14.9 Å². The van der Waals surface area contributed by atoms with E-state index < -0.39 is 0 Å². The summed E-state index contributed by atoms with van der Waals surface area (Å²) in [6.45, 7) is 2.99. The van der Waals surface area contributed by atoms with Crippen molar-refractivity contribution in [2.75, 3.05) is 7.11 Å². The second-order valence-corrected chi connectivity index (χ2v) is 8.49. The normalized spacial score (nSPS) is 12.0. The highest BCUT2D eigenvalue weighted by Gasteiger charge is 2.23. The van der Waals surface area contributed by atoms with Crippen LogP contribution < -0.4 is 10.1 Å². The van der Waals surface area contributed by atoms with Crippen LogP contribution in [-0.2, 0) is 13.0 Å². The van der Waals surface area contributed by atoms with Gasteiger partial charge in [0.25, 0.3) is 5.91 Å². The van der Waals surface area contributed by atoms with E-state index in [0.29, 0.717) is 17.0 Å². The van der Waals surface area contributed by atoms with Crippen LogP contribution in [0.4, 0.5) is 0 Å². The number of unbranched alkanes of at least 4 members (excludes halogenated alkanes) is 1. The van der Waals surface area contributed by atoms with E-state index in [4.69, 9.17) is 21.3 Å². The topological polar surface area (TPSA) is 56.2 Å². The van der Waals surface area contributed by atoms with Crippen molar-refractivity contribution in [3.05, 3.63) is 94.8 Å². The molecule has 0 radical (unpaired) electrons. The zero-order valence-electron chi connectivity index (χ0n) is 18.9. The van der Waals surface area contributed by atoms with Crippen LogP contribution >= 0.6 is 11.6 Å². The Balaban J connectivity index is 1.76. The third-order valence-corrected chi connectivity index (χ3v) is 5.98. The van der Waals surface area contributed by atoms with Gasteiger partial charge in [0.15, 0.2) is 0 Å². The number of aryl methyl sites for hydroxylation is 1. The van der Waals surface area contributed by atoms with Gasteiger partial charge in [-0.1, -0.05) is 55.3 Å². The quantitative estimate of drug-likeness (QED) is 0.322. The highest BCUT2D eigenvalue weighted by atomic mass is 35.5. The second kappa shape index (κ2) is 10.5. The molecule has 0 saturated heterocycles. The molecule has 0 saturated carbocycles. The van der Waals surface area contributed by atoms with Crippen LogP contribution in [-0.4, -0.2) is 22.6 Å². The molecular formula is C27H28ClN3O2. The van der Waals surface area contributed by atoms with Crippen molar-refractivity contribution < 1.29 is 9.53 Å². The number of methoxy groups -OCH3 is 1. The zero-order chi connectivity index (χ0) is 23.2. The molecule has 1 heterocycles. The number of fused-ring (bicyclic) bond motifs is 1. The average molecular weight is 462 g/mol. The Bertz CT molecular complexity index is 1220. The van der Waals surface area contributed by atoms with Crippen molar-refractivity contribution in [2.24, 2.45) is 0 Å². The van der Waals surface area contributed by atoms with E-state index >= 15 is 0 Å². The van der Waals surface area contributed by atoms with E-state index in [1.165, 1.54) is 0 Å². The molecule has 4 rings (SSSR count). The number of nitrogens with one attached hydrogen (secondary N) is 1. The lowest BCUT2D eigenvalue weighted by atomic mass is 10.0. The van der Waals surface area contributed by atoms with E-state index in [0.717, 1.165) is 47.6 Å². The van der Waals surface area contributed by atoms with Gasteiger partial charge in [0.2, 0.25) is 0 Å². The molecule has 0 aliphatic carbocycles.